The summed E-state index contributed by atoms with van der Waals surface area (Å²) < 4.78 is 26.3. The van der Waals surface area contributed by atoms with Crippen LogP contribution in [0.3, 0.4) is 0 Å². The highest BCUT2D eigenvalue weighted by Gasteiger charge is 2.51. The minimum absolute atomic E-state index is 0.0288. The normalized spacial score (nSPS) is 32.4. The molecule has 0 heterocycles. The molecule has 5 rings (SSSR count). The fourth-order valence-corrected chi connectivity index (χ4v) is 7.03. The lowest BCUT2D eigenvalue weighted by Gasteiger charge is -2.39. The molecule has 36 heavy (non-hydrogen) atoms. The number of halogens is 1. The van der Waals surface area contributed by atoms with E-state index in [1.165, 1.54) is 19.6 Å². The SMILES string of the molecule is COc1c(F)cc(O[C@H]2CC[C@H](C)CC2)cc1C(=O)N[C@@H]1[C@H]2CC[C@H](C2)[C@@H]1C(=O)NCC1(C)CCC1. The quantitative estimate of drug-likeness (QED) is 0.512. The van der Waals surface area contributed by atoms with Crippen LogP contribution in [0.2, 0.25) is 0 Å². The van der Waals surface area contributed by atoms with Crippen molar-refractivity contribution in [3.05, 3.63) is 23.5 Å². The van der Waals surface area contributed by atoms with Crippen LogP contribution in [0.25, 0.3) is 0 Å². The summed E-state index contributed by atoms with van der Waals surface area (Å²) in [7, 11) is 1.37. The number of carbonyl (C=O) groups is 2. The molecule has 0 unspecified atom stereocenters. The van der Waals surface area contributed by atoms with E-state index >= 15 is 0 Å². The maximum absolute atomic E-state index is 15.0. The number of hydrogen-bond donors (Lipinski definition) is 2. The van der Waals surface area contributed by atoms with Crippen LogP contribution in [0, 0.1) is 34.9 Å². The van der Waals surface area contributed by atoms with Crippen LogP contribution in [0.15, 0.2) is 12.1 Å². The summed E-state index contributed by atoms with van der Waals surface area (Å²) in [5.74, 6) is 0.300. The fourth-order valence-electron chi connectivity index (χ4n) is 7.03. The van der Waals surface area contributed by atoms with Gasteiger partial charge in [-0.15, -0.1) is 0 Å². The van der Waals surface area contributed by atoms with E-state index in [9.17, 15) is 14.0 Å². The Labute approximate surface area is 214 Å². The summed E-state index contributed by atoms with van der Waals surface area (Å²) in [6.45, 7) is 5.15. The number of hydrogen-bond acceptors (Lipinski definition) is 4. The van der Waals surface area contributed by atoms with Crippen LogP contribution in [0.1, 0.15) is 88.4 Å². The molecule has 4 saturated carbocycles. The Kier molecular flexibility index (Phi) is 7.19. The minimum Gasteiger partial charge on any atom is -0.493 e. The van der Waals surface area contributed by atoms with Crippen LogP contribution < -0.4 is 20.1 Å². The van der Waals surface area contributed by atoms with Gasteiger partial charge in [0.15, 0.2) is 11.6 Å². The van der Waals surface area contributed by atoms with Crippen molar-refractivity contribution in [2.24, 2.45) is 29.1 Å². The molecule has 0 spiro atoms. The second-order valence-corrected chi connectivity index (χ2v) is 12.2. The molecule has 6 nitrogen and oxygen atoms in total. The summed E-state index contributed by atoms with van der Waals surface area (Å²) in [6, 6.07) is 2.65. The molecular formula is C29H41FN2O4. The first-order chi connectivity index (χ1) is 17.3. The Balaban J connectivity index is 1.30. The van der Waals surface area contributed by atoms with Gasteiger partial charge >= 0.3 is 0 Å². The molecule has 2 bridgehead atoms. The molecular weight excluding hydrogens is 459 g/mol. The molecule has 2 N–H and O–H groups in total. The van der Waals surface area contributed by atoms with Crippen molar-refractivity contribution in [3.63, 3.8) is 0 Å². The highest BCUT2D eigenvalue weighted by molar-refractivity contribution is 5.98. The third kappa shape index (κ3) is 5.08. The van der Waals surface area contributed by atoms with Crippen molar-refractivity contribution in [2.75, 3.05) is 13.7 Å². The van der Waals surface area contributed by atoms with Gasteiger partial charge in [-0.05, 0) is 87.0 Å². The van der Waals surface area contributed by atoms with Gasteiger partial charge in [0.1, 0.15) is 5.75 Å². The first kappa shape index (κ1) is 25.3. The van der Waals surface area contributed by atoms with E-state index in [1.54, 1.807) is 6.07 Å². The van der Waals surface area contributed by atoms with Gasteiger partial charge in [-0.2, -0.15) is 0 Å². The lowest BCUT2D eigenvalue weighted by Crippen LogP contribution is -2.51. The van der Waals surface area contributed by atoms with Gasteiger partial charge < -0.3 is 20.1 Å². The van der Waals surface area contributed by atoms with E-state index in [4.69, 9.17) is 9.47 Å². The molecule has 2 amide bonds. The average molecular weight is 501 g/mol. The molecule has 7 heteroatoms. The first-order valence-electron chi connectivity index (χ1n) is 13.9. The molecule has 1 aromatic rings. The molecule has 1 aromatic carbocycles. The highest BCUT2D eigenvalue weighted by atomic mass is 19.1. The van der Waals surface area contributed by atoms with Crippen molar-refractivity contribution < 1.29 is 23.5 Å². The van der Waals surface area contributed by atoms with Crippen LogP contribution >= 0.6 is 0 Å². The number of ether oxygens (including phenoxy) is 2. The topological polar surface area (TPSA) is 76.7 Å². The molecule has 4 atom stereocenters. The third-order valence-electron chi connectivity index (χ3n) is 9.50. The van der Waals surface area contributed by atoms with E-state index in [0.717, 1.165) is 57.8 Å². The van der Waals surface area contributed by atoms with E-state index in [0.29, 0.717) is 18.2 Å². The molecule has 4 aliphatic rings. The van der Waals surface area contributed by atoms with Crippen LogP contribution in [-0.4, -0.2) is 37.6 Å². The van der Waals surface area contributed by atoms with Gasteiger partial charge in [0.2, 0.25) is 5.91 Å². The second-order valence-electron chi connectivity index (χ2n) is 12.2. The maximum atomic E-state index is 15.0. The number of methoxy groups -OCH3 is 1. The number of benzene rings is 1. The molecule has 0 aliphatic heterocycles. The second kappa shape index (κ2) is 10.2. The zero-order valence-electron chi connectivity index (χ0n) is 21.9. The number of amides is 2. The monoisotopic (exact) mass is 500 g/mol. The van der Waals surface area contributed by atoms with Crippen LogP contribution in [-0.2, 0) is 4.79 Å². The van der Waals surface area contributed by atoms with E-state index in [-0.39, 0.29) is 52.5 Å². The lowest BCUT2D eigenvalue weighted by molar-refractivity contribution is -0.128. The fraction of sp³-hybridized carbons (Fsp3) is 0.724. The minimum atomic E-state index is -0.611. The lowest BCUT2D eigenvalue weighted by atomic mass is 9.70. The third-order valence-corrected chi connectivity index (χ3v) is 9.50. The highest BCUT2D eigenvalue weighted by Crippen LogP contribution is 2.49. The average Bonchev–Trinajstić information content (AvgIpc) is 3.44. The van der Waals surface area contributed by atoms with Gasteiger partial charge in [-0.3, -0.25) is 9.59 Å². The number of nitrogens with one attached hydrogen (secondary N) is 2. The molecule has 4 fully saturated rings. The maximum Gasteiger partial charge on any atom is 0.255 e. The summed E-state index contributed by atoms with van der Waals surface area (Å²) in [6.07, 6.45) is 10.6. The van der Waals surface area contributed by atoms with Crippen LogP contribution in [0.4, 0.5) is 4.39 Å². The molecule has 0 aromatic heterocycles. The predicted molar refractivity (Wildman–Crippen MR) is 136 cm³/mol. The molecule has 4 aliphatic carbocycles. The number of fused-ring (bicyclic) bond motifs is 2. The smallest absolute Gasteiger partial charge is 0.255 e. The largest absolute Gasteiger partial charge is 0.493 e. The Morgan fingerprint density at radius 1 is 1.08 bits per heavy atom. The summed E-state index contributed by atoms with van der Waals surface area (Å²) >= 11 is 0. The van der Waals surface area contributed by atoms with Gasteiger partial charge in [-0.1, -0.05) is 20.3 Å². The Hall–Kier alpha value is -2.31. The van der Waals surface area contributed by atoms with Crippen molar-refractivity contribution >= 4 is 11.8 Å². The first-order valence-corrected chi connectivity index (χ1v) is 13.9. The van der Waals surface area contributed by atoms with Gasteiger partial charge in [0.25, 0.3) is 5.91 Å². The summed E-state index contributed by atoms with van der Waals surface area (Å²) in [5, 5.41) is 6.31. The zero-order valence-corrected chi connectivity index (χ0v) is 21.9. The van der Waals surface area contributed by atoms with Crippen molar-refractivity contribution in [1.82, 2.24) is 10.6 Å². The summed E-state index contributed by atoms with van der Waals surface area (Å²) in [5.41, 5.74) is 0.328. The van der Waals surface area contributed by atoms with Crippen molar-refractivity contribution in [2.45, 2.75) is 90.2 Å². The van der Waals surface area contributed by atoms with E-state index in [2.05, 4.69) is 24.5 Å². The Morgan fingerprint density at radius 2 is 1.81 bits per heavy atom. The standard InChI is InChI=1S/C29H41FN2O4/c1-17-5-9-20(10-6-17)36-21-14-22(26(35-3)23(30)15-21)27(33)32-25-19-8-7-18(13-19)24(25)28(34)31-16-29(2)11-4-12-29/h14-15,17-20,24-25H,4-13,16H2,1-3H3,(H,31,34)(H,32,33)/t17-,18-,19+,20-,24+,25-/m1/s1. The Bertz CT molecular complexity index is 986. The van der Waals surface area contributed by atoms with Gasteiger partial charge in [-0.25, -0.2) is 4.39 Å². The predicted octanol–water partition coefficient (Wildman–Crippen LogP) is 5.24. The van der Waals surface area contributed by atoms with Gasteiger partial charge in [0.05, 0.1) is 24.7 Å². The number of carbonyl (C=O) groups excluding carboxylic acids is 2. The number of rotatable bonds is 8. The van der Waals surface area contributed by atoms with E-state index < -0.39 is 11.7 Å². The van der Waals surface area contributed by atoms with E-state index in [1.807, 2.05) is 0 Å². The molecule has 0 radical (unpaired) electrons. The van der Waals surface area contributed by atoms with Crippen molar-refractivity contribution in [1.29, 1.82) is 0 Å². The zero-order chi connectivity index (χ0) is 25.4. The molecule has 198 valence electrons. The summed E-state index contributed by atoms with van der Waals surface area (Å²) in [4.78, 5) is 26.8. The van der Waals surface area contributed by atoms with Gasteiger partial charge in [0, 0.05) is 18.7 Å². The van der Waals surface area contributed by atoms with Crippen molar-refractivity contribution in [3.8, 4) is 11.5 Å². The van der Waals surface area contributed by atoms with Crippen LogP contribution in [0.5, 0.6) is 11.5 Å². The molecule has 0 saturated heterocycles. The Morgan fingerprint density at radius 3 is 2.47 bits per heavy atom.